The number of hydrogen-bond donors (Lipinski definition) is 0. The SMILES string of the molecule is [O]c1c(C(F)(F)F)c(C(F)(F)F)cc2ccccc12. The van der Waals surface area contributed by atoms with Crippen LogP contribution < -0.4 is 0 Å². The van der Waals surface area contributed by atoms with Gasteiger partial charge in [-0.3, -0.25) is 5.11 Å². The van der Waals surface area contributed by atoms with E-state index < -0.39 is 29.2 Å². The van der Waals surface area contributed by atoms with Gasteiger partial charge >= 0.3 is 12.4 Å². The molecule has 0 spiro atoms. The lowest BCUT2D eigenvalue weighted by atomic mass is 9.98. The highest BCUT2D eigenvalue weighted by Crippen LogP contribution is 2.47. The average Bonchev–Trinajstić information content (AvgIpc) is 2.26. The van der Waals surface area contributed by atoms with Crippen molar-refractivity contribution in [2.75, 3.05) is 0 Å². The van der Waals surface area contributed by atoms with E-state index in [1.165, 1.54) is 12.1 Å². The minimum Gasteiger partial charge on any atom is -0.289 e. The fourth-order valence-electron chi connectivity index (χ4n) is 1.82. The molecule has 101 valence electrons. The molecule has 7 heteroatoms. The molecule has 0 saturated carbocycles. The summed E-state index contributed by atoms with van der Waals surface area (Å²) in [6, 6.07) is 5.20. The lowest BCUT2D eigenvalue weighted by molar-refractivity contribution is -0.163. The number of rotatable bonds is 0. The normalized spacial score (nSPS) is 12.9. The third kappa shape index (κ3) is 2.32. The zero-order chi connectivity index (χ0) is 14.4. The van der Waals surface area contributed by atoms with Crippen LogP contribution in [0.15, 0.2) is 30.3 Å². The Hall–Kier alpha value is -1.92. The van der Waals surface area contributed by atoms with E-state index in [4.69, 9.17) is 0 Å². The number of fused-ring (bicyclic) bond motifs is 1. The summed E-state index contributed by atoms with van der Waals surface area (Å²) >= 11 is 0. The van der Waals surface area contributed by atoms with Gasteiger partial charge in [0.1, 0.15) is 5.56 Å². The highest BCUT2D eigenvalue weighted by atomic mass is 19.4. The van der Waals surface area contributed by atoms with E-state index in [1.807, 2.05) is 0 Å². The van der Waals surface area contributed by atoms with Crippen LogP contribution in [0, 0.1) is 0 Å². The van der Waals surface area contributed by atoms with Gasteiger partial charge in [0.05, 0.1) is 5.56 Å². The second-order valence-electron chi connectivity index (χ2n) is 3.84. The van der Waals surface area contributed by atoms with E-state index >= 15 is 0 Å². The molecule has 0 aliphatic carbocycles. The molecule has 0 aliphatic rings. The van der Waals surface area contributed by atoms with Crippen molar-refractivity contribution >= 4 is 10.8 Å². The Morgan fingerprint density at radius 2 is 1.42 bits per heavy atom. The highest BCUT2D eigenvalue weighted by molar-refractivity contribution is 5.90. The van der Waals surface area contributed by atoms with Gasteiger partial charge in [-0.05, 0) is 11.5 Å². The van der Waals surface area contributed by atoms with Crippen molar-refractivity contribution < 1.29 is 31.4 Å². The van der Waals surface area contributed by atoms with Crippen LogP contribution in [-0.4, -0.2) is 0 Å². The van der Waals surface area contributed by atoms with Crippen LogP contribution in [0.2, 0.25) is 0 Å². The molecular weight excluding hydrogens is 274 g/mol. The van der Waals surface area contributed by atoms with Crippen LogP contribution in [0.25, 0.3) is 10.8 Å². The third-order valence-corrected chi connectivity index (χ3v) is 2.59. The quantitative estimate of drug-likeness (QED) is 0.603. The van der Waals surface area contributed by atoms with Crippen molar-refractivity contribution in [1.82, 2.24) is 0 Å². The molecule has 19 heavy (non-hydrogen) atoms. The number of halogens is 6. The monoisotopic (exact) mass is 279 g/mol. The van der Waals surface area contributed by atoms with Gasteiger partial charge in [-0.2, -0.15) is 26.3 Å². The minimum atomic E-state index is -5.36. The Morgan fingerprint density at radius 1 is 0.842 bits per heavy atom. The molecule has 2 aromatic carbocycles. The molecule has 2 aromatic rings. The standard InChI is InChI=1S/C12H5F6O/c13-11(14,15)8-5-6-3-1-2-4-7(6)10(19)9(8)12(16,17)18/h1-5H. The molecule has 1 nitrogen and oxygen atoms in total. The molecule has 1 radical (unpaired) electrons. The van der Waals surface area contributed by atoms with E-state index in [-0.39, 0.29) is 10.8 Å². The highest BCUT2D eigenvalue weighted by Gasteiger charge is 2.46. The zero-order valence-corrected chi connectivity index (χ0v) is 9.06. The summed E-state index contributed by atoms with van der Waals surface area (Å²) in [4.78, 5) is 0. The lowest BCUT2D eigenvalue weighted by Crippen LogP contribution is -2.16. The maximum atomic E-state index is 12.7. The Labute approximate surface area is 103 Å². The maximum Gasteiger partial charge on any atom is 0.420 e. The molecule has 0 fully saturated rings. The van der Waals surface area contributed by atoms with Gasteiger partial charge in [0.25, 0.3) is 0 Å². The van der Waals surface area contributed by atoms with E-state index in [1.54, 1.807) is 0 Å². The maximum absolute atomic E-state index is 12.7. The Bertz CT molecular complexity index is 626. The summed E-state index contributed by atoms with van der Waals surface area (Å²) in [5, 5.41) is 11.1. The second kappa shape index (κ2) is 4.04. The van der Waals surface area contributed by atoms with Gasteiger partial charge in [-0.25, -0.2) is 0 Å². The fraction of sp³-hybridized carbons (Fsp3) is 0.167. The largest absolute Gasteiger partial charge is 0.420 e. The van der Waals surface area contributed by atoms with Gasteiger partial charge < -0.3 is 0 Å². The van der Waals surface area contributed by atoms with Crippen LogP contribution in [0.5, 0.6) is 5.75 Å². The topological polar surface area (TPSA) is 19.9 Å². The van der Waals surface area contributed by atoms with Crippen molar-refractivity contribution in [3.63, 3.8) is 0 Å². The predicted octanol–water partition coefficient (Wildman–Crippen LogP) is 5.02. The first-order chi connectivity index (χ1) is 8.62. The summed E-state index contributed by atoms with van der Waals surface area (Å²) < 4.78 is 75.9. The first-order valence-corrected chi connectivity index (χ1v) is 4.99. The van der Waals surface area contributed by atoms with E-state index in [9.17, 15) is 31.4 Å². The predicted molar refractivity (Wildman–Crippen MR) is 54.1 cm³/mol. The zero-order valence-electron chi connectivity index (χ0n) is 9.06. The van der Waals surface area contributed by atoms with Gasteiger partial charge in [0, 0.05) is 5.39 Å². The second-order valence-corrected chi connectivity index (χ2v) is 3.84. The number of hydrogen-bond acceptors (Lipinski definition) is 0. The molecular formula is C12H5F6O. The van der Waals surface area contributed by atoms with Crippen molar-refractivity contribution in [1.29, 1.82) is 0 Å². The summed E-state index contributed by atoms with van der Waals surface area (Å²) in [5.41, 5.74) is -4.12. The molecule has 0 saturated heterocycles. The summed E-state index contributed by atoms with van der Waals surface area (Å²) in [7, 11) is 0. The molecule has 0 N–H and O–H groups in total. The minimum absolute atomic E-state index is 0.173. The fourth-order valence-corrected chi connectivity index (χ4v) is 1.82. The molecule has 0 aromatic heterocycles. The van der Waals surface area contributed by atoms with Crippen LogP contribution in [0.4, 0.5) is 26.3 Å². The number of alkyl halides is 6. The summed E-state index contributed by atoms with van der Waals surface area (Å²) in [5.74, 6) is -1.65. The van der Waals surface area contributed by atoms with Crippen LogP contribution in [-0.2, 0) is 17.5 Å². The van der Waals surface area contributed by atoms with Gasteiger partial charge in [-0.15, -0.1) is 0 Å². The molecule has 0 heterocycles. The van der Waals surface area contributed by atoms with Crippen molar-refractivity contribution in [3.8, 4) is 5.75 Å². The Kier molecular flexibility index (Phi) is 2.87. The molecule has 0 aliphatic heterocycles. The third-order valence-electron chi connectivity index (χ3n) is 2.59. The van der Waals surface area contributed by atoms with Crippen LogP contribution in [0.3, 0.4) is 0 Å². The smallest absolute Gasteiger partial charge is 0.289 e. The first kappa shape index (κ1) is 13.5. The molecule has 0 amide bonds. The summed E-state index contributed by atoms with van der Waals surface area (Å²) in [6.45, 7) is 0. The Morgan fingerprint density at radius 3 is 1.95 bits per heavy atom. The molecule has 0 atom stereocenters. The first-order valence-electron chi connectivity index (χ1n) is 4.99. The average molecular weight is 279 g/mol. The summed E-state index contributed by atoms with van der Waals surface area (Å²) in [6.07, 6.45) is -10.6. The molecule has 0 bridgehead atoms. The molecule has 0 unspecified atom stereocenters. The van der Waals surface area contributed by atoms with E-state index in [2.05, 4.69) is 0 Å². The van der Waals surface area contributed by atoms with Gasteiger partial charge in [-0.1, -0.05) is 24.3 Å². The van der Waals surface area contributed by atoms with Crippen molar-refractivity contribution in [2.45, 2.75) is 12.4 Å². The van der Waals surface area contributed by atoms with Gasteiger partial charge in [0.2, 0.25) is 0 Å². The van der Waals surface area contributed by atoms with E-state index in [0.29, 0.717) is 6.07 Å². The Balaban J connectivity index is 2.93. The number of benzene rings is 2. The molecule has 2 rings (SSSR count). The van der Waals surface area contributed by atoms with Crippen molar-refractivity contribution in [2.24, 2.45) is 0 Å². The van der Waals surface area contributed by atoms with E-state index in [0.717, 1.165) is 12.1 Å². The van der Waals surface area contributed by atoms with Gasteiger partial charge in [0.15, 0.2) is 5.75 Å². The van der Waals surface area contributed by atoms with Crippen LogP contribution >= 0.6 is 0 Å². The van der Waals surface area contributed by atoms with Crippen molar-refractivity contribution in [3.05, 3.63) is 41.5 Å². The lowest BCUT2D eigenvalue weighted by Gasteiger charge is -2.17. The van der Waals surface area contributed by atoms with Crippen LogP contribution in [0.1, 0.15) is 11.1 Å².